The Morgan fingerprint density at radius 1 is 1.12 bits per heavy atom. The summed E-state index contributed by atoms with van der Waals surface area (Å²) < 4.78 is 0. The highest BCUT2D eigenvalue weighted by molar-refractivity contribution is 5.25. The molecule has 2 aliphatic carbocycles. The molecule has 2 fully saturated rings. The van der Waals surface area contributed by atoms with Crippen molar-refractivity contribution in [3.05, 3.63) is 35.4 Å². The molecule has 2 saturated carbocycles. The summed E-state index contributed by atoms with van der Waals surface area (Å²) in [6.07, 6.45) is 5.81. The van der Waals surface area contributed by atoms with Gasteiger partial charge in [0.15, 0.2) is 0 Å². The van der Waals surface area contributed by atoms with E-state index in [4.69, 9.17) is 0 Å². The highest BCUT2D eigenvalue weighted by Crippen LogP contribution is 2.45. The molecule has 0 unspecified atom stereocenters. The molecule has 0 bridgehead atoms. The van der Waals surface area contributed by atoms with Crippen LogP contribution in [0.25, 0.3) is 0 Å². The summed E-state index contributed by atoms with van der Waals surface area (Å²) in [6, 6.07) is 10.2. The molecule has 0 saturated heterocycles. The van der Waals surface area contributed by atoms with Crippen molar-refractivity contribution in [2.24, 2.45) is 11.8 Å². The van der Waals surface area contributed by atoms with Gasteiger partial charge < -0.3 is 5.32 Å². The predicted octanol–water partition coefficient (Wildman–Crippen LogP) is 3.83. The average Bonchev–Trinajstić information content (AvgIpc) is 3.16. The smallest absolute Gasteiger partial charge is 0.0294 e. The molecular formula is C16H23N. The maximum absolute atomic E-state index is 3.88. The Kier molecular flexibility index (Phi) is 2.96. The first-order chi connectivity index (χ1) is 8.24. The highest BCUT2D eigenvalue weighted by atomic mass is 15.0. The molecular weight excluding hydrogens is 206 g/mol. The van der Waals surface area contributed by atoms with Gasteiger partial charge in [-0.2, -0.15) is 0 Å². The van der Waals surface area contributed by atoms with Crippen LogP contribution in [0.5, 0.6) is 0 Å². The van der Waals surface area contributed by atoms with E-state index in [1.54, 1.807) is 0 Å². The molecule has 17 heavy (non-hydrogen) atoms. The number of benzene rings is 1. The van der Waals surface area contributed by atoms with Gasteiger partial charge >= 0.3 is 0 Å². The number of hydrogen-bond donors (Lipinski definition) is 1. The zero-order valence-electron chi connectivity index (χ0n) is 10.9. The van der Waals surface area contributed by atoms with E-state index in [1.165, 1.54) is 36.8 Å². The predicted molar refractivity (Wildman–Crippen MR) is 72.0 cm³/mol. The van der Waals surface area contributed by atoms with Gasteiger partial charge in [-0.05, 0) is 56.9 Å². The lowest BCUT2D eigenvalue weighted by Gasteiger charge is -2.23. The summed E-state index contributed by atoms with van der Waals surface area (Å²) in [5.74, 6) is 1.96. The molecule has 2 aliphatic rings. The van der Waals surface area contributed by atoms with Crippen molar-refractivity contribution in [1.82, 2.24) is 5.32 Å². The first-order valence-corrected chi connectivity index (χ1v) is 7.06. The molecule has 0 radical (unpaired) electrons. The number of nitrogens with one attached hydrogen (secondary N) is 1. The number of hydrogen-bond acceptors (Lipinski definition) is 1. The van der Waals surface area contributed by atoms with Gasteiger partial charge in [0.1, 0.15) is 0 Å². The van der Waals surface area contributed by atoms with Crippen LogP contribution in [-0.2, 0) is 0 Å². The zero-order valence-corrected chi connectivity index (χ0v) is 10.9. The van der Waals surface area contributed by atoms with Crippen LogP contribution in [-0.4, -0.2) is 6.04 Å². The minimum atomic E-state index is 0.501. The quantitative estimate of drug-likeness (QED) is 0.809. The zero-order chi connectivity index (χ0) is 11.8. The minimum Gasteiger partial charge on any atom is -0.307 e. The fraction of sp³-hybridized carbons (Fsp3) is 0.625. The average molecular weight is 229 g/mol. The normalized spacial score (nSPS) is 21.8. The van der Waals surface area contributed by atoms with E-state index in [2.05, 4.69) is 43.4 Å². The van der Waals surface area contributed by atoms with Crippen molar-refractivity contribution in [1.29, 1.82) is 0 Å². The van der Waals surface area contributed by atoms with E-state index in [1.807, 2.05) is 0 Å². The number of aryl methyl sites for hydroxylation is 1. The molecule has 1 atom stereocenters. The first-order valence-electron chi connectivity index (χ1n) is 7.06. The van der Waals surface area contributed by atoms with E-state index < -0.39 is 0 Å². The third kappa shape index (κ3) is 2.71. The van der Waals surface area contributed by atoms with Gasteiger partial charge in [-0.15, -0.1) is 0 Å². The molecule has 0 spiro atoms. The maximum atomic E-state index is 3.88. The minimum absolute atomic E-state index is 0.501. The largest absolute Gasteiger partial charge is 0.307 e. The van der Waals surface area contributed by atoms with Crippen LogP contribution in [0.2, 0.25) is 0 Å². The molecule has 1 nitrogen and oxygen atoms in total. The van der Waals surface area contributed by atoms with E-state index in [0.29, 0.717) is 6.04 Å². The van der Waals surface area contributed by atoms with E-state index in [9.17, 15) is 0 Å². The SMILES string of the molecule is Cc1cccc([C@@H](C)NC(C2CC2)C2CC2)c1. The Hall–Kier alpha value is -0.820. The molecule has 3 rings (SSSR count). The van der Waals surface area contributed by atoms with Crippen molar-refractivity contribution < 1.29 is 0 Å². The topological polar surface area (TPSA) is 12.0 Å². The van der Waals surface area contributed by atoms with Gasteiger partial charge in [-0.25, -0.2) is 0 Å². The summed E-state index contributed by atoms with van der Waals surface area (Å²) in [5.41, 5.74) is 2.81. The third-order valence-corrected chi connectivity index (χ3v) is 4.24. The third-order valence-electron chi connectivity index (χ3n) is 4.24. The summed E-state index contributed by atoms with van der Waals surface area (Å²) >= 11 is 0. The number of rotatable bonds is 5. The molecule has 1 heteroatoms. The molecule has 1 N–H and O–H groups in total. The second kappa shape index (κ2) is 4.45. The van der Waals surface area contributed by atoms with Crippen LogP contribution >= 0.6 is 0 Å². The Morgan fingerprint density at radius 2 is 1.76 bits per heavy atom. The fourth-order valence-corrected chi connectivity index (χ4v) is 2.89. The van der Waals surface area contributed by atoms with Crippen LogP contribution in [0.3, 0.4) is 0 Å². The van der Waals surface area contributed by atoms with Crippen LogP contribution < -0.4 is 5.32 Å². The first kappa shape index (κ1) is 11.3. The van der Waals surface area contributed by atoms with Crippen molar-refractivity contribution >= 4 is 0 Å². The monoisotopic (exact) mass is 229 g/mol. The van der Waals surface area contributed by atoms with E-state index in [0.717, 1.165) is 17.9 Å². The van der Waals surface area contributed by atoms with Gasteiger partial charge in [0.2, 0.25) is 0 Å². The Labute approximate surface area is 105 Å². The summed E-state index contributed by atoms with van der Waals surface area (Å²) in [7, 11) is 0. The van der Waals surface area contributed by atoms with Crippen molar-refractivity contribution in [2.75, 3.05) is 0 Å². The fourth-order valence-electron chi connectivity index (χ4n) is 2.89. The van der Waals surface area contributed by atoms with E-state index in [-0.39, 0.29) is 0 Å². The molecule has 0 heterocycles. The summed E-state index contributed by atoms with van der Waals surface area (Å²) in [4.78, 5) is 0. The lowest BCUT2D eigenvalue weighted by molar-refractivity contribution is 0.377. The van der Waals surface area contributed by atoms with Gasteiger partial charge in [-0.1, -0.05) is 29.8 Å². The van der Waals surface area contributed by atoms with Gasteiger partial charge in [0, 0.05) is 12.1 Å². The van der Waals surface area contributed by atoms with Gasteiger partial charge in [0.25, 0.3) is 0 Å². The lowest BCUT2D eigenvalue weighted by Crippen LogP contribution is -2.35. The van der Waals surface area contributed by atoms with Gasteiger partial charge in [-0.3, -0.25) is 0 Å². The van der Waals surface area contributed by atoms with Crippen LogP contribution in [0.1, 0.15) is 49.8 Å². The van der Waals surface area contributed by atoms with Crippen molar-refractivity contribution in [3.8, 4) is 0 Å². The molecule has 0 amide bonds. The van der Waals surface area contributed by atoms with Crippen LogP contribution in [0.15, 0.2) is 24.3 Å². The maximum Gasteiger partial charge on any atom is 0.0294 e. The molecule has 0 aliphatic heterocycles. The molecule has 1 aromatic carbocycles. The summed E-state index contributed by atoms with van der Waals surface area (Å²) in [6.45, 7) is 4.49. The highest BCUT2D eigenvalue weighted by Gasteiger charge is 2.41. The standard InChI is InChI=1S/C16H23N/c1-11-4-3-5-15(10-11)12(2)17-16(13-6-7-13)14-8-9-14/h3-5,10,12-14,16-17H,6-9H2,1-2H3/t12-/m1/s1. The Bertz CT molecular complexity index is 378. The molecule has 0 aromatic heterocycles. The second-order valence-electron chi connectivity index (χ2n) is 6.00. The lowest BCUT2D eigenvalue weighted by atomic mass is 10.0. The van der Waals surface area contributed by atoms with E-state index >= 15 is 0 Å². The molecule has 92 valence electrons. The Morgan fingerprint density at radius 3 is 2.29 bits per heavy atom. The second-order valence-corrected chi connectivity index (χ2v) is 6.00. The Balaban J connectivity index is 1.66. The van der Waals surface area contributed by atoms with Crippen molar-refractivity contribution in [2.45, 2.75) is 51.6 Å². The summed E-state index contributed by atoms with van der Waals surface area (Å²) in [5, 5.41) is 3.88. The molecule has 1 aromatic rings. The van der Waals surface area contributed by atoms with Crippen molar-refractivity contribution in [3.63, 3.8) is 0 Å². The van der Waals surface area contributed by atoms with Crippen LogP contribution in [0.4, 0.5) is 0 Å². The van der Waals surface area contributed by atoms with Gasteiger partial charge in [0.05, 0.1) is 0 Å². The van der Waals surface area contributed by atoms with Crippen LogP contribution in [0, 0.1) is 18.8 Å².